The van der Waals surface area contributed by atoms with Crippen LogP contribution >= 0.6 is 0 Å². The van der Waals surface area contributed by atoms with Crippen molar-refractivity contribution in [1.29, 1.82) is 0 Å². The molecule has 0 spiro atoms. The highest BCUT2D eigenvalue weighted by Gasteiger charge is 2.30. The number of esters is 2. The first-order valence-electron chi connectivity index (χ1n) is 5.52. The van der Waals surface area contributed by atoms with E-state index < -0.39 is 17.9 Å². The van der Waals surface area contributed by atoms with Crippen LogP contribution in [0.1, 0.15) is 18.4 Å². The van der Waals surface area contributed by atoms with E-state index in [1.165, 1.54) is 14.2 Å². The Bertz CT molecular complexity index is 410. The molecular formula is C13H16O5. The van der Waals surface area contributed by atoms with E-state index in [0.29, 0.717) is 11.3 Å². The van der Waals surface area contributed by atoms with Crippen molar-refractivity contribution in [3.63, 3.8) is 0 Å². The normalized spacial score (nSPS) is 11.5. The third-order valence-corrected chi connectivity index (χ3v) is 2.41. The summed E-state index contributed by atoms with van der Waals surface area (Å²) in [6, 6.07) is 6.61. The first-order chi connectivity index (χ1) is 8.63. The molecular weight excluding hydrogens is 236 g/mol. The van der Waals surface area contributed by atoms with Gasteiger partial charge in [-0.1, -0.05) is 12.1 Å². The number of carbonyl (C=O) groups excluding carboxylic acids is 2. The predicted molar refractivity (Wildman–Crippen MR) is 64.4 cm³/mol. The molecule has 0 aromatic heterocycles. The molecule has 1 aromatic carbocycles. The number of benzene rings is 1. The quantitative estimate of drug-likeness (QED) is 0.587. The number of hydrogen-bond acceptors (Lipinski definition) is 5. The van der Waals surface area contributed by atoms with Crippen LogP contribution in [0.2, 0.25) is 0 Å². The molecule has 0 saturated carbocycles. The van der Waals surface area contributed by atoms with E-state index in [-0.39, 0.29) is 6.61 Å². The Hall–Kier alpha value is -2.04. The maximum atomic E-state index is 11.7. The van der Waals surface area contributed by atoms with Gasteiger partial charge >= 0.3 is 11.9 Å². The molecule has 98 valence electrons. The molecule has 18 heavy (non-hydrogen) atoms. The van der Waals surface area contributed by atoms with E-state index in [0.717, 1.165) is 0 Å². The summed E-state index contributed by atoms with van der Waals surface area (Å²) in [6.07, 6.45) is 0. The van der Waals surface area contributed by atoms with Crippen molar-refractivity contribution in [3.05, 3.63) is 29.8 Å². The van der Waals surface area contributed by atoms with Gasteiger partial charge in [-0.05, 0) is 24.6 Å². The Balaban J connectivity index is 3.01. The smallest absolute Gasteiger partial charge is 0.324 e. The molecule has 0 amide bonds. The fraction of sp³-hybridized carbons (Fsp3) is 0.385. The Morgan fingerprint density at radius 2 is 1.72 bits per heavy atom. The average Bonchev–Trinajstić information content (AvgIpc) is 2.40. The molecule has 0 N–H and O–H groups in total. The van der Waals surface area contributed by atoms with Gasteiger partial charge in [-0.15, -0.1) is 0 Å². The van der Waals surface area contributed by atoms with Crippen molar-refractivity contribution < 1.29 is 23.8 Å². The lowest BCUT2D eigenvalue weighted by molar-refractivity contribution is -0.155. The van der Waals surface area contributed by atoms with Crippen molar-refractivity contribution in [1.82, 2.24) is 0 Å². The zero-order chi connectivity index (χ0) is 13.5. The summed E-state index contributed by atoms with van der Waals surface area (Å²) < 4.78 is 14.5. The summed E-state index contributed by atoms with van der Waals surface area (Å²) in [7, 11) is 2.77. The van der Waals surface area contributed by atoms with Crippen molar-refractivity contribution in [2.24, 2.45) is 0 Å². The molecule has 0 fully saturated rings. The van der Waals surface area contributed by atoms with Crippen molar-refractivity contribution in [3.8, 4) is 5.75 Å². The largest absolute Gasteiger partial charge is 0.497 e. The van der Waals surface area contributed by atoms with Crippen LogP contribution in [-0.2, 0) is 19.1 Å². The molecule has 0 aliphatic rings. The molecule has 5 nitrogen and oxygen atoms in total. The second kappa shape index (κ2) is 6.64. The van der Waals surface area contributed by atoms with Crippen LogP contribution in [0.5, 0.6) is 5.75 Å². The highest BCUT2D eigenvalue weighted by atomic mass is 16.5. The van der Waals surface area contributed by atoms with Crippen LogP contribution in [0.4, 0.5) is 0 Å². The third kappa shape index (κ3) is 3.23. The molecule has 0 radical (unpaired) electrons. The Morgan fingerprint density at radius 3 is 2.17 bits per heavy atom. The van der Waals surface area contributed by atoms with Crippen LogP contribution in [0.25, 0.3) is 0 Å². The van der Waals surface area contributed by atoms with Gasteiger partial charge in [0.1, 0.15) is 5.75 Å². The molecule has 0 aliphatic carbocycles. The second-order valence-electron chi connectivity index (χ2n) is 3.48. The fourth-order valence-electron chi connectivity index (χ4n) is 1.51. The zero-order valence-electron chi connectivity index (χ0n) is 10.6. The minimum absolute atomic E-state index is 0.211. The van der Waals surface area contributed by atoms with E-state index in [1.54, 1.807) is 31.2 Å². The van der Waals surface area contributed by atoms with Gasteiger partial charge in [-0.3, -0.25) is 9.59 Å². The summed E-state index contributed by atoms with van der Waals surface area (Å²) in [4.78, 5) is 23.4. The van der Waals surface area contributed by atoms with E-state index in [9.17, 15) is 9.59 Å². The average molecular weight is 252 g/mol. The third-order valence-electron chi connectivity index (χ3n) is 2.41. The monoisotopic (exact) mass is 252 g/mol. The molecule has 1 unspecified atom stereocenters. The number of ether oxygens (including phenoxy) is 3. The standard InChI is InChI=1S/C13H16O5/c1-4-18-13(15)11(12(14)17-3)9-5-7-10(16-2)8-6-9/h5-8,11H,4H2,1-3H3. The minimum Gasteiger partial charge on any atom is -0.497 e. The molecule has 0 aliphatic heterocycles. The van der Waals surface area contributed by atoms with Crippen LogP contribution < -0.4 is 4.74 Å². The molecule has 0 saturated heterocycles. The summed E-state index contributed by atoms with van der Waals surface area (Å²) in [5.41, 5.74) is 0.515. The Labute approximate surface area is 106 Å². The van der Waals surface area contributed by atoms with Gasteiger partial charge < -0.3 is 14.2 Å². The number of carbonyl (C=O) groups is 2. The van der Waals surface area contributed by atoms with Crippen molar-refractivity contribution >= 4 is 11.9 Å². The molecule has 5 heteroatoms. The number of methoxy groups -OCH3 is 2. The highest BCUT2D eigenvalue weighted by molar-refractivity contribution is 6.00. The topological polar surface area (TPSA) is 61.8 Å². The lowest BCUT2D eigenvalue weighted by atomic mass is 9.99. The summed E-state index contributed by atoms with van der Waals surface area (Å²) in [6.45, 7) is 1.89. The van der Waals surface area contributed by atoms with Gasteiger partial charge in [-0.2, -0.15) is 0 Å². The van der Waals surface area contributed by atoms with Gasteiger partial charge in [-0.25, -0.2) is 0 Å². The summed E-state index contributed by atoms with van der Waals surface area (Å²) in [5, 5.41) is 0. The van der Waals surface area contributed by atoms with Gasteiger partial charge in [0, 0.05) is 0 Å². The number of hydrogen-bond donors (Lipinski definition) is 0. The first-order valence-corrected chi connectivity index (χ1v) is 5.52. The fourth-order valence-corrected chi connectivity index (χ4v) is 1.51. The molecule has 1 atom stereocenters. The van der Waals surface area contributed by atoms with Crippen LogP contribution in [0, 0.1) is 0 Å². The lowest BCUT2D eigenvalue weighted by Crippen LogP contribution is -2.25. The Kier molecular flexibility index (Phi) is 5.17. The van der Waals surface area contributed by atoms with E-state index in [2.05, 4.69) is 4.74 Å². The predicted octanol–water partition coefficient (Wildman–Crippen LogP) is 1.51. The van der Waals surface area contributed by atoms with E-state index in [4.69, 9.17) is 9.47 Å². The Morgan fingerprint density at radius 1 is 1.11 bits per heavy atom. The van der Waals surface area contributed by atoms with E-state index in [1.807, 2.05) is 0 Å². The maximum Gasteiger partial charge on any atom is 0.324 e. The summed E-state index contributed by atoms with van der Waals surface area (Å²) in [5.74, 6) is -1.67. The SMILES string of the molecule is CCOC(=O)C(C(=O)OC)c1ccc(OC)cc1. The highest BCUT2D eigenvalue weighted by Crippen LogP contribution is 2.22. The summed E-state index contributed by atoms with van der Waals surface area (Å²) >= 11 is 0. The van der Waals surface area contributed by atoms with Crippen LogP contribution in [0.15, 0.2) is 24.3 Å². The second-order valence-corrected chi connectivity index (χ2v) is 3.48. The van der Waals surface area contributed by atoms with E-state index >= 15 is 0 Å². The van der Waals surface area contributed by atoms with Gasteiger partial charge in [0.05, 0.1) is 20.8 Å². The van der Waals surface area contributed by atoms with Crippen molar-refractivity contribution in [2.75, 3.05) is 20.8 Å². The molecule has 0 bridgehead atoms. The minimum atomic E-state index is -1.05. The van der Waals surface area contributed by atoms with Gasteiger partial charge in [0.2, 0.25) is 0 Å². The molecule has 0 heterocycles. The molecule has 1 rings (SSSR count). The van der Waals surface area contributed by atoms with Gasteiger partial charge in [0.15, 0.2) is 5.92 Å². The lowest BCUT2D eigenvalue weighted by Gasteiger charge is -2.14. The van der Waals surface area contributed by atoms with Crippen LogP contribution in [0.3, 0.4) is 0 Å². The zero-order valence-corrected chi connectivity index (χ0v) is 10.6. The first kappa shape index (κ1) is 14.0. The van der Waals surface area contributed by atoms with Crippen molar-refractivity contribution in [2.45, 2.75) is 12.8 Å². The number of rotatable bonds is 5. The molecule has 1 aromatic rings. The van der Waals surface area contributed by atoms with Gasteiger partial charge in [0.25, 0.3) is 0 Å². The maximum absolute atomic E-state index is 11.7. The van der Waals surface area contributed by atoms with Crippen LogP contribution in [-0.4, -0.2) is 32.8 Å².